The fourth-order valence-electron chi connectivity index (χ4n) is 3.15. The van der Waals surface area contributed by atoms with Crippen molar-refractivity contribution in [1.29, 1.82) is 0 Å². The van der Waals surface area contributed by atoms with Crippen molar-refractivity contribution in [3.8, 4) is 0 Å². The van der Waals surface area contributed by atoms with E-state index >= 15 is 0 Å². The number of H-pyrrole nitrogens is 1. The molecule has 0 aliphatic heterocycles. The van der Waals surface area contributed by atoms with E-state index in [0.717, 1.165) is 11.3 Å². The Balaban J connectivity index is 1.56. The molecule has 0 bridgehead atoms. The van der Waals surface area contributed by atoms with E-state index in [9.17, 15) is 14.4 Å². The van der Waals surface area contributed by atoms with Crippen LogP contribution in [0.3, 0.4) is 0 Å². The van der Waals surface area contributed by atoms with Crippen molar-refractivity contribution in [2.45, 2.75) is 19.9 Å². The van der Waals surface area contributed by atoms with Gasteiger partial charge in [0.25, 0.3) is 5.91 Å². The van der Waals surface area contributed by atoms with Crippen LogP contribution in [0.15, 0.2) is 64.3 Å². The van der Waals surface area contributed by atoms with Crippen molar-refractivity contribution >= 4 is 33.4 Å². The van der Waals surface area contributed by atoms with Gasteiger partial charge in [-0.05, 0) is 30.7 Å². The number of hydrogen-bond acceptors (Lipinski definition) is 5. The molecule has 8 heteroatoms. The summed E-state index contributed by atoms with van der Waals surface area (Å²) in [5, 5.41) is 3.30. The third kappa shape index (κ3) is 3.88. The number of aryl methyl sites for hydroxylation is 1. The number of fused-ring (bicyclic) bond motifs is 1. The van der Waals surface area contributed by atoms with E-state index in [-0.39, 0.29) is 5.91 Å². The number of carbonyl (C=O) groups is 1. The monoisotopic (exact) mass is 406 g/mol. The normalized spacial score (nSPS) is 10.9. The van der Waals surface area contributed by atoms with Crippen LogP contribution in [-0.4, -0.2) is 20.4 Å². The zero-order valence-corrected chi connectivity index (χ0v) is 16.5. The molecule has 1 amide bonds. The quantitative estimate of drug-likeness (QED) is 0.498. The van der Waals surface area contributed by atoms with E-state index < -0.39 is 11.1 Å². The molecule has 146 valence electrons. The van der Waals surface area contributed by atoms with E-state index in [4.69, 9.17) is 0 Å². The van der Waals surface area contributed by atoms with Gasteiger partial charge in [0.15, 0.2) is 5.13 Å². The van der Waals surface area contributed by atoms with E-state index in [2.05, 4.69) is 15.3 Å². The predicted octanol–water partition coefficient (Wildman–Crippen LogP) is 3.01. The number of anilines is 1. The number of aromatic amines is 1. The van der Waals surface area contributed by atoms with Gasteiger partial charge in [-0.25, -0.2) is 4.98 Å². The van der Waals surface area contributed by atoms with Gasteiger partial charge < -0.3 is 9.55 Å². The SMILES string of the molecule is CCn1c(=O)c(=O)[nH]c2cc(C(=O)Nc3ncc(Cc4ccccc4)s3)ccc21. The minimum Gasteiger partial charge on any atom is -0.316 e. The summed E-state index contributed by atoms with van der Waals surface area (Å²) < 4.78 is 1.38. The van der Waals surface area contributed by atoms with E-state index in [1.807, 2.05) is 30.3 Å². The summed E-state index contributed by atoms with van der Waals surface area (Å²) in [6, 6.07) is 14.9. The maximum Gasteiger partial charge on any atom is 0.316 e. The van der Waals surface area contributed by atoms with Gasteiger partial charge in [-0.3, -0.25) is 19.7 Å². The lowest BCUT2D eigenvalue weighted by molar-refractivity contribution is 0.102. The Morgan fingerprint density at radius 1 is 1.17 bits per heavy atom. The zero-order valence-electron chi connectivity index (χ0n) is 15.6. The molecule has 2 aromatic carbocycles. The summed E-state index contributed by atoms with van der Waals surface area (Å²) in [5.41, 5.74) is 1.25. The second-order valence-electron chi connectivity index (χ2n) is 6.48. The molecule has 0 radical (unpaired) electrons. The highest BCUT2D eigenvalue weighted by atomic mass is 32.1. The fourth-order valence-corrected chi connectivity index (χ4v) is 3.99. The van der Waals surface area contributed by atoms with Crippen molar-refractivity contribution in [2.75, 3.05) is 5.32 Å². The number of hydrogen-bond donors (Lipinski definition) is 2. The first-order valence-electron chi connectivity index (χ1n) is 9.12. The van der Waals surface area contributed by atoms with Crippen molar-refractivity contribution in [3.05, 3.63) is 91.4 Å². The summed E-state index contributed by atoms with van der Waals surface area (Å²) in [6.07, 6.45) is 2.51. The minimum atomic E-state index is -0.706. The number of rotatable bonds is 5. The van der Waals surface area contributed by atoms with Crippen LogP contribution in [0.1, 0.15) is 27.7 Å². The lowest BCUT2D eigenvalue weighted by atomic mass is 10.1. The lowest BCUT2D eigenvalue weighted by Gasteiger charge is -2.08. The van der Waals surface area contributed by atoms with Gasteiger partial charge in [-0.15, -0.1) is 11.3 Å². The Kier molecular flexibility index (Phi) is 5.09. The average molecular weight is 406 g/mol. The zero-order chi connectivity index (χ0) is 20.4. The van der Waals surface area contributed by atoms with Gasteiger partial charge in [0.1, 0.15) is 0 Å². The Morgan fingerprint density at radius 2 is 1.97 bits per heavy atom. The van der Waals surface area contributed by atoms with E-state index in [0.29, 0.717) is 28.3 Å². The van der Waals surface area contributed by atoms with Gasteiger partial charge in [0.2, 0.25) is 0 Å². The minimum absolute atomic E-state index is 0.331. The Labute approximate surface area is 169 Å². The third-order valence-electron chi connectivity index (χ3n) is 4.55. The fraction of sp³-hybridized carbons (Fsp3) is 0.143. The van der Waals surface area contributed by atoms with Crippen LogP contribution in [0.5, 0.6) is 0 Å². The molecule has 0 saturated carbocycles. The summed E-state index contributed by atoms with van der Waals surface area (Å²) in [7, 11) is 0. The van der Waals surface area contributed by atoms with Gasteiger partial charge in [0.05, 0.1) is 11.0 Å². The summed E-state index contributed by atoms with van der Waals surface area (Å²) in [5.74, 6) is -0.331. The first-order valence-corrected chi connectivity index (χ1v) is 9.93. The second-order valence-corrected chi connectivity index (χ2v) is 7.60. The van der Waals surface area contributed by atoms with Gasteiger partial charge in [0, 0.05) is 29.6 Å². The topological polar surface area (TPSA) is 96.9 Å². The van der Waals surface area contributed by atoms with Crippen LogP contribution in [0.4, 0.5) is 5.13 Å². The molecule has 0 saturated heterocycles. The van der Waals surface area contributed by atoms with Crippen molar-refractivity contribution in [2.24, 2.45) is 0 Å². The molecule has 0 aliphatic carbocycles. The number of thiazole rings is 1. The highest BCUT2D eigenvalue weighted by Gasteiger charge is 2.13. The second kappa shape index (κ2) is 7.84. The first kappa shape index (κ1) is 18.8. The molecule has 2 aromatic heterocycles. The molecule has 7 nitrogen and oxygen atoms in total. The average Bonchev–Trinajstić information content (AvgIpc) is 3.16. The largest absolute Gasteiger partial charge is 0.316 e. The van der Waals surface area contributed by atoms with E-state index in [1.54, 1.807) is 31.3 Å². The first-order chi connectivity index (χ1) is 14.0. The summed E-state index contributed by atoms with van der Waals surface area (Å²) >= 11 is 1.42. The van der Waals surface area contributed by atoms with Crippen LogP contribution in [0.2, 0.25) is 0 Å². The van der Waals surface area contributed by atoms with Crippen LogP contribution in [0.25, 0.3) is 11.0 Å². The highest BCUT2D eigenvalue weighted by molar-refractivity contribution is 7.15. The Morgan fingerprint density at radius 3 is 2.72 bits per heavy atom. The molecule has 0 fully saturated rings. The van der Waals surface area contributed by atoms with E-state index in [1.165, 1.54) is 21.5 Å². The molecule has 0 aliphatic rings. The van der Waals surface area contributed by atoms with Crippen molar-refractivity contribution in [3.63, 3.8) is 0 Å². The van der Waals surface area contributed by atoms with Gasteiger partial charge >= 0.3 is 11.1 Å². The van der Waals surface area contributed by atoms with Crippen LogP contribution in [0, 0.1) is 0 Å². The molecule has 0 atom stereocenters. The van der Waals surface area contributed by atoms with Crippen molar-refractivity contribution in [1.82, 2.24) is 14.5 Å². The highest BCUT2D eigenvalue weighted by Crippen LogP contribution is 2.22. The lowest BCUT2D eigenvalue weighted by Crippen LogP contribution is -2.36. The number of aromatic nitrogens is 3. The standard InChI is InChI=1S/C21H18N4O3S/c1-2-25-17-9-8-14(11-16(17)23-19(27)20(25)28)18(26)24-21-22-12-15(29-21)10-13-6-4-3-5-7-13/h3-9,11-12H,2,10H2,1H3,(H,23,27)(H,22,24,26). The number of benzene rings is 2. The summed E-state index contributed by atoms with van der Waals surface area (Å²) in [4.78, 5) is 44.3. The number of carbonyl (C=O) groups excluding carboxylic acids is 1. The molecule has 29 heavy (non-hydrogen) atoms. The number of nitrogens with zero attached hydrogens (tertiary/aromatic N) is 2. The molecular weight excluding hydrogens is 388 g/mol. The summed E-state index contributed by atoms with van der Waals surface area (Å²) in [6.45, 7) is 2.16. The van der Waals surface area contributed by atoms with Crippen LogP contribution in [-0.2, 0) is 13.0 Å². The molecule has 0 spiro atoms. The Bertz CT molecular complexity index is 1310. The smallest absolute Gasteiger partial charge is 0.316 e. The molecule has 2 N–H and O–H groups in total. The maximum atomic E-state index is 12.6. The molecule has 0 unspecified atom stereocenters. The predicted molar refractivity (Wildman–Crippen MR) is 114 cm³/mol. The van der Waals surface area contributed by atoms with Gasteiger partial charge in [-0.1, -0.05) is 30.3 Å². The molecule has 4 aromatic rings. The number of amides is 1. The third-order valence-corrected chi connectivity index (χ3v) is 5.46. The van der Waals surface area contributed by atoms with Crippen LogP contribution >= 0.6 is 11.3 Å². The van der Waals surface area contributed by atoms with Crippen molar-refractivity contribution < 1.29 is 4.79 Å². The number of nitrogens with one attached hydrogen (secondary N) is 2. The maximum absolute atomic E-state index is 12.6. The molecular formula is C21H18N4O3S. The van der Waals surface area contributed by atoms with Gasteiger partial charge in [-0.2, -0.15) is 0 Å². The van der Waals surface area contributed by atoms with Crippen LogP contribution < -0.4 is 16.4 Å². The Hall–Kier alpha value is -3.52. The molecule has 4 rings (SSSR count). The molecule has 2 heterocycles.